The van der Waals surface area contributed by atoms with Gasteiger partial charge in [-0.05, 0) is 35.6 Å². The quantitative estimate of drug-likeness (QED) is 0.735. The summed E-state index contributed by atoms with van der Waals surface area (Å²) < 4.78 is 13.5. The molecule has 4 rings (SSSR count). The molecule has 0 saturated carbocycles. The number of ether oxygens (including phenoxy) is 2. The second-order valence-corrected chi connectivity index (χ2v) is 6.90. The van der Waals surface area contributed by atoms with Crippen LogP contribution in [-0.2, 0) is 16.1 Å². The van der Waals surface area contributed by atoms with Crippen molar-refractivity contribution in [3.63, 3.8) is 0 Å². The van der Waals surface area contributed by atoms with E-state index >= 15 is 0 Å². The van der Waals surface area contributed by atoms with Gasteiger partial charge in [0.1, 0.15) is 0 Å². The van der Waals surface area contributed by atoms with Crippen molar-refractivity contribution in [2.45, 2.75) is 31.7 Å². The molecule has 1 saturated heterocycles. The molecular formula is C19H19BrO2. The molecule has 3 heteroatoms. The highest BCUT2D eigenvalue weighted by Crippen LogP contribution is 2.47. The minimum absolute atomic E-state index is 0.0977. The van der Waals surface area contributed by atoms with Gasteiger partial charge in [-0.1, -0.05) is 58.4 Å². The van der Waals surface area contributed by atoms with E-state index < -0.39 is 0 Å². The first-order valence-corrected chi connectivity index (χ1v) is 8.69. The van der Waals surface area contributed by atoms with Crippen molar-refractivity contribution in [3.8, 4) is 0 Å². The number of halogens is 1. The van der Waals surface area contributed by atoms with Gasteiger partial charge in [-0.25, -0.2) is 0 Å². The molecule has 1 fully saturated rings. The average Bonchev–Trinajstić information content (AvgIpc) is 2.99. The normalized spacial score (nSPS) is 27.6. The molecule has 2 aromatic rings. The SMILES string of the molecule is Brc1ccccc1[C@@H]1OCCC[C@H]1[C@@H]1OCc2ccccc21. The lowest BCUT2D eigenvalue weighted by Gasteiger charge is -2.36. The van der Waals surface area contributed by atoms with Crippen molar-refractivity contribution >= 4 is 15.9 Å². The summed E-state index contributed by atoms with van der Waals surface area (Å²) in [4.78, 5) is 0. The summed E-state index contributed by atoms with van der Waals surface area (Å²) in [5.41, 5.74) is 3.90. The third kappa shape index (κ3) is 2.51. The van der Waals surface area contributed by atoms with Crippen LogP contribution in [0.5, 0.6) is 0 Å². The van der Waals surface area contributed by atoms with E-state index in [9.17, 15) is 0 Å². The Morgan fingerprint density at radius 2 is 1.59 bits per heavy atom. The van der Waals surface area contributed by atoms with Crippen LogP contribution in [-0.4, -0.2) is 6.61 Å². The number of benzene rings is 2. The second kappa shape index (κ2) is 6.15. The van der Waals surface area contributed by atoms with Gasteiger partial charge in [-0.2, -0.15) is 0 Å². The molecule has 0 bridgehead atoms. The lowest BCUT2D eigenvalue weighted by atomic mass is 9.82. The van der Waals surface area contributed by atoms with E-state index in [1.165, 1.54) is 16.7 Å². The molecule has 0 radical (unpaired) electrons. The first-order chi connectivity index (χ1) is 10.8. The van der Waals surface area contributed by atoms with E-state index in [0.29, 0.717) is 5.92 Å². The standard InChI is InChI=1S/C19H19BrO2/c20-17-10-4-3-8-15(17)19-16(9-5-11-21-19)18-14-7-2-1-6-13(14)12-22-18/h1-4,6-8,10,16,18-19H,5,9,11-12H2/t16-,18+,19-/m0/s1. The average molecular weight is 359 g/mol. The molecule has 22 heavy (non-hydrogen) atoms. The second-order valence-electron chi connectivity index (χ2n) is 6.05. The van der Waals surface area contributed by atoms with Gasteiger partial charge in [-0.3, -0.25) is 0 Å². The van der Waals surface area contributed by atoms with Crippen LogP contribution >= 0.6 is 15.9 Å². The van der Waals surface area contributed by atoms with Gasteiger partial charge in [0, 0.05) is 17.0 Å². The molecule has 0 spiro atoms. The first kappa shape index (κ1) is 14.4. The van der Waals surface area contributed by atoms with Gasteiger partial charge < -0.3 is 9.47 Å². The Morgan fingerprint density at radius 3 is 2.45 bits per heavy atom. The first-order valence-electron chi connectivity index (χ1n) is 7.90. The highest BCUT2D eigenvalue weighted by molar-refractivity contribution is 9.10. The van der Waals surface area contributed by atoms with E-state index in [1.54, 1.807) is 0 Å². The van der Waals surface area contributed by atoms with Crippen LogP contribution in [0, 0.1) is 5.92 Å². The zero-order valence-corrected chi connectivity index (χ0v) is 14.0. The smallest absolute Gasteiger partial charge is 0.0892 e. The highest BCUT2D eigenvalue weighted by atomic mass is 79.9. The summed E-state index contributed by atoms with van der Waals surface area (Å²) in [7, 11) is 0. The summed E-state index contributed by atoms with van der Waals surface area (Å²) >= 11 is 3.68. The molecule has 2 aliphatic heterocycles. The molecular weight excluding hydrogens is 340 g/mol. The molecule has 2 aromatic carbocycles. The van der Waals surface area contributed by atoms with Crippen molar-refractivity contribution in [2.75, 3.05) is 6.61 Å². The molecule has 2 nitrogen and oxygen atoms in total. The van der Waals surface area contributed by atoms with Crippen LogP contribution in [0.15, 0.2) is 53.0 Å². The van der Waals surface area contributed by atoms with Crippen LogP contribution < -0.4 is 0 Å². The Morgan fingerprint density at radius 1 is 0.864 bits per heavy atom. The molecule has 3 atom stereocenters. The van der Waals surface area contributed by atoms with Crippen LogP contribution in [0.2, 0.25) is 0 Å². The van der Waals surface area contributed by atoms with Gasteiger partial charge in [-0.15, -0.1) is 0 Å². The van der Waals surface area contributed by atoms with Crippen LogP contribution in [0.4, 0.5) is 0 Å². The highest BCUT2D eigenvalue weighted by Gasteiger charge is 2.39. The maximum Gasteiger partial charge on any atom is 0.0892 e. The zero-order chi connectivity index (χ0) is 14.9. The van der Waals surface area contributed by atoms with Crippen molar-refractivity contribution < 1.29 is 9.47 Å². The zero-order valence-electron chi connectivity index (χ0n) is 12.4. The summed E-state index contributed by atoms with van der Waals surface area (Å²) in [5.74, 6) is 0.371. The Hall–Kier alpha value is -1.16. The minimum Gasteiger partial charge on any atom is -0.373 e. The van der Waals surface area contributed by atoms with E-state index in [-0.39, 0.29) is 12.2 Å². The number of rotatable bonds is 2. The van der Waals surface area contributed by atoms with Crippen LogP contribution in [0.25, 0.3) is 0 Å². The monoisotopic (exact) mass is 358 g/mol. The van der Waals surface area contributed by atoms with Crippen LogP contribution in [0.3, 0.4) is 0 Å². The Labute approximate surface area is 139 Å². The lowest BCUT2D eigenvalue weighted by Crippen LogP contribution is -2.28. The van der Waals surface area contributed by atoms with E-state index in [4.69, 9.17) is 9.47 Å². The van der Waals surface area contributed by atoms with E-state index in [1.807, 2.05) is 6.07 Å². The Balaban J connectivity index is 1.69. The summed E-state index contributed by atoms with van der Waals surface area (Å²) in [6.07, 6.45) is 2.49. The molecule has 0 unspecified atom stereocenters. The van der Waals surface area contributed by atoms with E-state index in [2.05, 4.69) is 58.4 Å². The number of fused-ring (bicyclic) bond motifs is 1. The summed E-state index contributed by atoms with van der Waals surface area (Å²) in [6, 6.07) is 17.0. The molecule has 114 valence electrons. The summed E-state index contributed by atoms with van der Waals surface area (Å²) in [5, 5.41) is 0. The van der Waals surface area contributed by atoms with Gasteiger partial charge in [0.15, 0.2) is 0 Å². The number of hydrogen-bond donors (Lipinski definition) is 0. The van der Waals surface area contributed by atoms with Crippen molar-refractivity contribution in [1.29, 1.82) is 0 Å². The van der Waals surface area contributed by atoms with Crippen molar-refractivity contribution in [3.05, 3.63) is 69.7 Å². The largest absolute Gasteiger partial charge is 0.373 e. The van der Waals surface area contributed by atoms with Crippen molar-refractivity contribution in [2.24, 2.45) is 5.92 Å². The molecule has 0 aromatic heterocycles. The predicted molar refractivity (Wildman–Crippen MR) is 89.5 cm³/mol. The fraction of sp³-hybridized carbons (Fsp3) is 0.368. The minimum atomic E-state index is 0.0977. The molecule has 0 N–H and O–H groups in total. The fourth-order valence-electron chi connectivity index (χ4n) is 3.71. The maximum absolute atomic E-state index is 6.17. The van der Waals surface area contributed by atoms with Gasteiger partial charge in [0.25, 0.3) is 0 Å². The van der Waals surface area contributed by atoms with Gasteiger partial charge in [0.2, 0.25) is 0 Å². The molecule has 2 aliphatic rings. The van der Waals surface area contributed by atoms with Crippen LogP contribution in [0.1, 0.15) is 41.7 Å². The Bertz CT molecular complexity index is 670. The third-order valence-corrected chi connectivity index (χ3v) is 5.47. The molecule has 0 amide bonds. The van der Waals surface area contributed by atoms with Gasteiger partial charge >= 0.3 is 0 Å². The molecule has 2 heterocycles. The predicted octanol–water partition coefficient (Wildman–Crippen LogP) is 5.19. The molecule has 0 aliphatic carbocycles. The maximum atomic E-state index is 6.17. The van der Waals surface area contributed by atoms with E-state index in [0.717, 1.165) is 30.5 Å². The van der Waals surface area contributed by atoms with Gasteiger partial charge in [0.05, 0.1) is 18.8 Å². The topological polar surface area (TPSA) is 18.5 Å². The lowest BCUT2D eigenvalue weighted by molar-refractivity contribution is -0.0934. The fourth-order valence-corrected chi connectivity index (χ4v) is 4.22. The van der Waals surface area contributed by atoms with Crippen molar-refractivity contribution in [1.82, 2.24) is 0 Å². The third-order valence-electron chi connectivity index (χ3n) is 4.75. The Kier molecular flexibility index (Phi) is 4.03. The summed E-state index contributed by atoms with van der Waals surface area (Å²) in [6.45, 7) is 1.55. The number of hydrogen-bond acceptors (Lipinski definition) is 2.